The van der Waals surface area contributed by atoms with Crippen molar-refractivity contribution < 1.29 is 29.6 Å². The van der Waals surface area contributed by atoms with E-state index in [1.54, 1.807) is 6.92 Å². The number of carbonyl (C=O) groups is 2. The summed E-state index contributed by atoms with van der Waals surface area (Å²) in [6, 6.07) is 0. The minimum Gasteiger partial charge on any atom is -0.481 e. The van der Waals surface area contributed by atoms with Crippen molar-refractivity contribution in [1.29, 1.82) is 0 Å². The normalized spacial score (nSPS) is 58.7. The van der Waals surface area contributed by atoms with Crippen LogP contribution in [0.5, 0.6) is 0 Å². The number of esters is 1. The number of allylic oxidation sites excluding steroid dienone is 1. The minimum atomic E-state index is -1.27. The largest absolute Gasteiger partial charge is 0.481 e. The molecule has 0 radical (unpaired) electrons. The van der Waals surface area contributed by atoms with Crippen LogP contribution in [0.15, 0.2) is 12.2 Å². The molecule has 0 aromatic rings. The lowest BCUT2D eigenvalue weighted by molar-refractivity contribution is -0.177. The molecule has 25 heavy (non-hydrogen) atoms. The average molecular weight is 348 g/mol. The van der Waals surface area contributed by atoms with Gasteiger partial charge in [-0.2, -0.15) is 0 Å². The van der Waals surface area contributed by atoms with Crippen LogP contribution in [0.1, 0.15) is 39.0 Å². The maximum absolute atomic E-state index is 12.7. The smallest absolute Gasteiger partial charge is 0.315 e. The topological polar surface area (TPSA) is 104 Å². The predicted octanol–water partition coefficient (Wildman–Crippen LogP) is 1.11. The van der Waals surface area contributed by atoms with Crippen LogP contribution in [-0.2, 0) is 14.3 Å². The number of aliphatic hydroxyl groups is 2. The molecule has 0 unspecified atom stereocenters. The second-order valence-corrected chi connectivity index (χ2v) is 9.19. The lowest BCUT2D eigenvalue weighted by Gasteiger charge is -2.47. The summed E-state index contributed by atoms with van der Waals surface area (Å²) >= 11 is 0. The molecule has 136 valence electrons. The lowest BCUT2D eigenvalue weighted by atomic mass is 9.58. The quantitative estimate of drug-likeness (QED) is 0.484. The highest BCUT2D eigenvalue weighted by Crippen LogP contribution is 2.77. The van der Waals surface area contributed by atoms with Gasteiger partial charge in [-0.1, -0.05) is 12.2 Å². The number of carbonyl (C=O) groups excluding carboxylic acids is 1. The summed E-state index contributed by atoms with van der Waals surface area (Å²) < 4.78 is 5.87. The lowest BCUT2D eigenvalue weighted by Crippen LogP contribution is -2.60. The highest BCUT2D eigenvalue weighted by molar-refractivity contribution is 5.85. The Hall–Kier alpha value is -1.40. The number of carboxylic acid groups (broad SMARTS) is 1. The van der Waals surface area contributed by atoms with Gasteiger partial charge in [0, 0.05) is 18.3 Å². The van der Waals surface area contributed by atoms with Gasteiger partial charge in [-0.15, -0.1) is 0 Å². The molecule has 1 spiro atoms. The molecule has 0 amide bonds. The monoisotopic (exact) mass is 348 g/mol. The molecule has 1 heterocycles. The second kappa shape index (κ2) is 4.29. The molecule has 1 saturated heterocycles. The molecule has 4 aliphatic carbocycles. The average Bonchev–Trinajstić information content (AvgIpc) is 3.01. The zero-order chi connectivity index (χ0) is 17.9. The van der Waals surface area contributed by atoms with E-state index in [0.717, 1.165) is 24.8 Å². The summed E-state index contributed by atoms with van der Waals surface area (Å²) in [5, 5.41) is 31.7. The van der Waals surface area contributed by atoms with Gasteiger partial charge in [-0.05, 0) is 43.9 Å². The number of ether oxygens (including phenoxy) is 1. The van der Waals surface area contributed by atoms with Crippen LogP contribution in [0.25, 0.3) is 0 Å². The van der Waals surface area contributed by atoms with Crippen LogP contribution < -0.4 is 0 Å². The van der Waals surface area contributed by atoms with Crippen LogP contribution in [0, 0.1) is 34.5 Å². The first kappa shape index (κ1) is 15.8. The van der Waals surface area contributed by atoms with Crippen LogP contribution in [0.2, 0.25) is 0 Å². The highest BCUT2D eigenvalue weighted by atomic mass is 16.6. The summed E-state index contributed by atoms with van der Waals surface area (Å²) in [6.07, 6.45) is 0.937. The fourth-order valence-electron chi connectivity index (χ4n) is 7.63. The Morgan fingerprint density at radius 2 is 2.00 bits per heavy atom. The highest BCUT2D eigenvalue weighted by Gasteiger charge is 2.85. The van der Waals surface area contributed by atoms with Gasteiger partial charge in [0.2, 0.25) is 0 Å². The molecule has 1 aliphatic heterocycles. The summed E-state index contributed by atoms with van der Waals surface area (Å²) in [6.45, 7) is 5.81. The van der Waals surface area contributed by atoms with Gasteiger partial charge in [-0.25, -0.2) is 0 Å². The molecule has 5 fully saturated rings. The van der Waals surface area contributed by atoms with E-state index < -0.39 is 52.4 Å². The van der Waals surface area contributed by atoms with Gasteiger partial charge in [0.05, 0.1) is 23.5 Å². The minimum absolute atomic E-state index is 0.0576. The van der Waals surface area contributed by atoms with E-state index >= 15 is 0 Å². The van der Waals surface area contributed by atoms with Gasteiger partial charge in [-0.3, -0.25) is 9.59 Å². The Kier molecular flexibility index (Phi) is 2.71. The van der Waals surface area contributed by atoms with Crippen molar-refractivity contribution in [2.24, 2.45) is 34.5 Å². The van der Waals surface area contributed by atoms with Crippen LogP contribution in [0.4, 0.5) is 0 Å². The van der Waals surface area contributed by atoms with Crippen molar-refractivity contribution in [2.45, 2.75) is 56.8 Å². The first-order valence-corrected chi connectivity index (χ1v) is 9.19. The molecular formula is C19H24O6. The third-order valence-corrected chi connectivity index (χ3v) is 8.52. The number of fused-ring (bicyclic) bond motifs is 1. The molecule has 0 aromatic heterocycles. The molecule has 9 atom stereocenters. The number of carboxylic acids is 1. The summed E-state index contributed by atoms with van der Waals surface area (Å²) in [5.74, 6) is -2.87. The molecule has 0 aromatic carbocycles. The first-order valence-electron chi connectivity index (χ1n) is 9.19. The maximum Gasteiger partial charge on any atom is 0.315 e. The van der Waals surface area contributed by atoms with Crippen molar-refractivity contribution in [3.8, 4) is 0 Å². The number of aliphatic hydroxyl groups excluding tert-OH is 2. The van der Waals surface area contributed by atoms with Crippen LogP contribution in [0.3, 0.4) is 0 Å². The number of hydrogen-bond donors (Lipinski definition) is 3. The number of hydrogen-bond acceptors (Lipinski definition) is 5. The van der Waals surface area contributed by atoms with E-state index in [1.165, 1.54) is 0 Å². The van der Waals surface area contributed by atoms with Crippen molar-refractivity contribution in [3.63, 3.8) is 0 Å². The summed E-state index contributed by atoms with van der Waals surface area (Å²) in [7, 11) is 0. The maximum atomic E-state index is 12.7. The Morgan fingerprint density at radius 3 is 2.68 bits per heavy atom. The SMILES string of the molecule is C=C1C[C@@]23C[C@H]1CC[C@@H]2[C@@]12OC(=O)[C@@](C)([C@H](O)C[C@@H]1O)[C@@H]2[C@@H]3C(=O)O. The number of aliphatic carboxylic acids is 1. The molecule has 4 bridgehead atoms. The van der Waals surface area contributed by atoms with Crippen molar-refractivity contribution in [3.05, 3.63) is 12.2 Å². The summed E-state index contributed by atoms with van der Waals surface area (Å²) in [5.41, 5.74) is -1.88. The molecule has 4 saturated carbocycles. The van der Waals surface area contributed by atoms with Gasteiger partial charge in [0.15, 0.2) is 0 Å². The fraction of sp³-hybridized carbons (Fsp3) is 0.789. The van der Waals surface area contributed by atoms with E-state index in [-0.39, 0.29) is 12.3 Å². The standard InChI is InChI=1S/C19H24O6/c1-8-6-18-7-9(8)3-4-10(18)19-12(21)5-11(20)17(2,16(24)25-19)14(19)13(18)15(22)23/h9-14,20-21H,1,3-7H2,2H3,(H,22,23)/t9-,10+,11-,12+,13-,14+,17+,18-,19-/m1/s1. The Morgan fingerprint density at radius 1 is 1.28 bits per heavy atom. The molecule has 3 N–H and O–H groups in total. The second-order valence-electron chi connectivity index (χ2n) is 9.19. The molecule has 6 nitrogen and oxygen atoms in total. The Balaban J connectivity index is 1.78. The van der Waals surface area contributed by atoms with E-state index in [9.17, 15) is 24.9 Å². The van der Waals surface area contributed by atoms with Crippen LogP contribution >= 0.6 is 0 Å². The molecular weight excluding hydrogens is 324 g/mol. The zero-order valence-corrected chi connectivity index (χ0v) is 14.3. The Bertz CT molecular complexity index is 717. The van der Waals surface area contributed by atoms with E-state index in [4.69, 9.17) is 4.74 Å². The molecule has 5 aliphatic rings. The zero-order valence-electron chi connectivity index (χ0n) is 14.3. The van der Waals surface area contributed by atoms with Crippen molar-refractivity contribution >= 4 is 11.9 Å². The Labute approximate surface area is 145 Å². The van der Waals surface area contributed by atoms with Gasteiger partial charge in [0.1, 0.15) is 5.60 Å². The van der Waals surface area contributed by atoms with Gasteiger partial charge >= 0.3 is 11.9 Å². The third kappa shape index (κ3) is 1.41. The third-order valence-electron chi connectivity index (χ3n) is 8.52. The first-order chi connectivity index (χ1) is 11.7. The van der Waals surface area contributed by atoms with Gasteiger partial charge in [0.25, 0.3) is 0 Å². The van der Waals surface area contributed by atoms with E-state index in [2.05, 4.69) is 6.58 Å². The van der Waals surface area contributed by atoms with E-state index in [1.807, 2.05) is 0 Å². The predicted molar refractivity (Wildman–Crippen MR) is 85.2 cm³/mol. The van der Waals surface area contributed by atoms with E-state index in [0.29, 0.717) is 12.3 Å². The van der Waals surface area contributed by atoms with Gasteiger partial charge < -0.3 is 20.1 Å². The number of rotatable bonds is 1. The van der Waals surface area contributed by atoms with Crippen LogP contribution in [-0.4, -0.2) is 45.1 Å². The van der Waals surface area contributed by atoms with Crippen molar-refractivity contribution in [1.82, 2.24) is 0 Å². The van der Waals surface area contributed by atoms with Crippen molar-refractivity contribution in [2.75, 3.05) is 0 Å². The molecule has 6 heteroatoms. The summed E-state index contributed by atoms with van der Waals surface area (Å²) in [4.78, 5) is 25.2. The fourth-order valence-corrected chi connectivity index (χ4v) is 7.63. The molecule has 5 rings (SSSR count).